The summed E-state index contributed by atoms with van der Waals surface area (Å²) in [5.41, 5.74) is 2.90. The molecule has 0 radical (unpaired) electrons. The van der Waals surface area contributed by atoms with Crippen LogP contribution in [0.2, 0.25) is 13.1 Å². The molecule has 17 heteroatoms. The van der Waals surface area contributed by atoms with Crippen molar-refractivity contribution in [2.75, 3.05) is 52.9 Å². The first-order valence-electron chi connectivity index (χ1n) is 22.1. The molecular weight excluding hydrogens is 915 g/mol. The summed E-state index contributed by atoms with van der Waals surface area (Å²) in [6, 6.07) is 46.3. The summed E-state index contributed by atoms with van der Waals surface area (Å²) in [7, 11) is -7.16. The minimum atomic E-state index is -2.79. The molecule has 6 aromatic carbocycles. The third kappa shape index (κ3) is 10.6. The number of para-hydroxylation sites is 6. The van der Waals surface area contributed by atoms with Crippen molar-refractivity contribution in [3.05, 3.63) is 168 Å². The van der Waals surface area contributed by atoms with E-state index in [0.29, 0.717) is 87.4 Å². The van der Waals surface area contributed by atoms with Gasteiger partial charge in [-0.2, -0.15) is 0 Å². The Labute approximate surface area is 392 Å². The number of hydrogen-bond donors (Lipinski definition) is 0. The second-order valence-corrected chi connectivity index (χ2v) is 22.4. The van der Waals surface area contributed by atoms with Gasteiger partial charge >= 0.3 is 17.2 Å². The van der Waals surface area contributed by atoms with Gasteiger partial charge in [-0.3, -0.25) is 0 Å². The fraction of sp³-hybridized carbons (Fsp3) is 0.280. The van der Waals surface area contributed by atoms with Crippen LogP contribution in [0.3, 0.4) is 0 Å². The Morgan fingerprint density at radius 1 is 0.313 bits per heavy atom. The van der Waals surface area contributed by atoms with E-state index in [1.807, 2.05) is 133 Å². The predicted molar refractivity (Wildman–Crippen MR) is 252 cm³/mol. The lowest BCUT2D eigenvalue weighted by molar-refractivity contribution is -0.0456. The number of hydrogen-bond acceptors (Lipinski definition) is 14. The van der Waals surface area contributed by atoms with E-state index in [1.54, 1.807) is 0 Å². The van der Waals surface area contributed by atoms with Crippen LogP contribution in [0.25, 0.3) is 0 Å². The quantitative estimate of drug-likeness (QED) is 0.0598. The van der Waals surface area contributed by atoms with Gasteiger partial charge in [-0.15, -0.1) is 0 Å². The van der Waals surface area contributed by atoms with Crippen molar-refractivity contribution >= 4 is 35.7 Å². The molecule has 10 rings (SSSR count). The number of ether oxygens (including phenoxy) is 8. The normalized spacial score (nSPS) is 17.4. The fourth-order valence-corrected chi connectivity index (χ4v) is 13.2. The molecule has 4 saturated heterocycles. The molecule has 6 aromatic rings. The highest BCUT2D eigenvalue weighted by atomic mass is 31.2. The lowest BCUT2D eigenvalue weighted by Gasteiger charge is -2.30. The molecule has 0 bridgehead atoms. The van der Waals surface area contributed by atoms with Crippen molar-refractivity contribution in [1.29, 1.82) is 0 Å². The first kappa shape index (κ1) is 45.6. The van der Waals surface area contributed by atoms with Gasteiger partial charge in [-0.1, -0.05) is 122 Å². The molecule has 14 nitrogen and oxygen atoms in total. The van der Waals surface area contributed by atoms with E-state index in [-0.39, 0.29) is 0 Å². The van der Waals surface area contributed by atoms with Gasteiger partial charge in [0, 0.05) is 0 Å². The lowest BCUT2D eigenvalue weighted by atomic mass is 10.2. The maximum atomic E-state index is 6.96. The number of benzene rings is 6. The smallest absolute Gasteiger partial charge is 0.409 e. The fourth-order valence-electron chi connectivity index (χ4n) is 8.05. The van der Waals surface area contributed by atoms with Gasteiger partial charge < -0.3 is 65.0 Å². The molecule has 0 spiro atoms. The Morgan fingerprint density at radius 2 is 0.522 bits per heavy atom. The summed E-state index contributed by atoms with van der Waals surface area (Å²) in [5, 5.41) is 1.93. The molecule has 4 aliphatic heterocycles. The first-order valence-corrected chi connectivity index (χ1v) is 27.3. The van der Waals surface area contributed by atoms with Crippen LogP contribution in [0.1, 0.15) is 47.4 Å². The Kier molecular flexibility index (Phi) is 14.6. The van der Waals surface area contributed by atoms with Gasteiger partial charge in [0.15, 0.2) is 25.2 Å². The highest BCUT2D eigenvalue weighted by Crippen LogP contribution is 2.49. The van der Waals surface area contributed by atoms with Crippen LogP contribution in [0.5, 0.6) is 34.5 Å². The maximum Gasteiger partial charge on any atom is 0.530 e. The molecule has 0 aliphatic carbocycles. The predicted octanol–water partition coefficient (Wildman–Crippen LogP) is 10.2. The zero-order valence-corrected chi connectivity index (χ0v) is 39.7. The van der Waals surface area contributed by atoms with E-state index in [4.69, 9.17) is 65.0 Å². The average molecular weight is 965 g/mol. The van der Waals surface area contributed by atoms with Crippen molar-refractivity contribution in [3.8, 4) is 34.5 Å². The molecule has 0 amide bonds. The monoisotopic (exact) mass is 964 g/mol. The van der Waals surface area contributed by atoms with Gasteiger partial charge in [0.2, 0.25) is 0 Å². The lowest BCUT2D eigenvalue weighted by Crippen LogP contribution is -2.53. The Hall–Kier alpha value is -5.12. The van der Waals surface area contributed by atoms with Crippen molar-refractivity contribution in [2.24, 2.45) is 0 Å². The van der Waals surface area contributed by atoms with Crippen molar-refractivity contribution in [2.45, 2.75) is 38.3 Å². The average Bonchev–Trinajstić information content (AvgIpc) is 4.23. The molecule has 0 N–H and O–H groups in total. The van der Waals surface area contributed by atoms with E-state index in [9.17, 15) is 0 Å². The van der Waals surface area contributed by atoms with Crippen LogP contribution >= 0.6 is 17.2 Å². The van der Waals surface area contributed by atoms with Crippen LogP contribution in [0.15, 0.2) is 146 Å². The number of rotatable bonds is 18. The maximum absolute atomic E-state index is 6.96. The Balaban J connectivity index is 0.985. The highest BCUT2D eigenvalue weighted by Gasteiger charge is 2.37. The summed E-state index contributed by atoms with van der Waals surface area (Å²) in [4.78, 5) is 0. The zero-order valence-electron chi connectivity index (χ0n) is 36.9. The molecule has 67 heavy (non-hydrogen) atoms. The van der Waals surface area contributed by atoms with Crippen molar-refractivity contribution < 1.29 is 65.0 Å². The van der Waals surface area contributed by atoms with Gasteiger partial charge in [-0.25, -0.2) is 0 Å². The molecule has 0 atom stereocenters. The topological polar surface area (TPSA) is 129 Å². The van der Waals surface area contributed by atoms with Crippen LogP contribution in [-0.2, 0) is 37.9 Å². The molecule has 0 unspecified atom stereocenters. The summed E-state index contributed by atoms with van der Waals surface area (Å²) >= 11 is 0. The summed E-state index contributed by atoms with van der Waals surface area (Å²) in [5.74, 6) is 3.20. The Bertz CT molecular complexity index is 2280. The van der Waals surface area contributed by atoms with Gasteiger partial charge in [0.05, 0.1) is 75.1 Å². The SMILES string of the molecule is C[Si](C)(c1ccccc1OP(Oc1ccccc1C1OCCO1)Oc1ccccc1C1OCCO1)c1ccccc1OP(Oc1ccccc1C1OCCO1)Oc1ccccc1C1OCCO1. The van der Waals surface area contributed by atoms with Crippen LogP contribution in [-0.4, -0.2) is 60.9 Å². The minimum absolute atomic E-state index is 0.476. The van der Waals surface area contributed by atoms with E-state index >= 15 is 0 Å². The summed E-state index contributed by atoms with van der Waals surface area (Å²) in [6.07, 6.45) is -2.37. The van der Waals surface area contributed by atoms with Gasteiger partial charge in [-0.05, 0) is 46.8 Å². The molecular formula is C50H50O14P2Si. The van der Waals surface area contributed by atoms with E-state index in [1.165, 1.54) is 0 Å². The van der Waals surface area contributed by atoms with Crippen molar-refractivity contribution in [1.82, 2.24) is 0 Å². The standard InChI is InChI=1S/C50H50O14P2Si/c1-67(2,45-25-13-11-23-43(45)63-65(59-39-19-7-3-15-35(39)47-51-27-28-52-47)60-40-20-8-4-16-36(40)48-53-29-30-54-48)46-26-14-12-24-44(46)64-66(61-41-21-9-5-17-37(41)49-55-31-32-56-49)62-42-22-10-6-18-38(42)50-57-33-34-58-50/h3-26,47-50H,27-34H2,1-2H3. The van der Waals surface area contributed by atoms with E-state index < -0.39 is 50.4 Å². The largest absolute Gasteiger partial charge is 0.530 e. The first-order chi connectivity index (χ1) is 33.0. The molecule has 0 aromatic heterocycles. The van der Waals surface area contributed by atoms with Gasteiger partial charge in [0.25, 0.3) is 0 Å². The third-order valence-electron chi connectivity index (χ3n) is 11.3. The third-order valence-corrected chi connectivity index (χ3v) is 16.9. The van der Waals surface area contributed by atoms with Crippen molar-refractivity contribution in [3.63, 3.8) is 0 Å². The second kappa shape index (κ2) is 21.4. The van der Waals surface area contributed by atoms with Crippen LogP contribution < -0.4 is 37.5 Å². The van der Waals surface area contributed by atoms with Crippen LogP contribution in [0.4, 0.5) is 0 Å². The highest BCUT2D eigenvalue weighted by molar-refractivity contribution is 7.43. The minimum Gasteiger partial charge on any atom is -0.409 e. The Morgan fingerprint density at radius 3 is 0.791 bits per heavy atom. The molecule has 4 fully saturated rings. The summed E-state index contributed by atoms with van der Waals surface area (Å²) in [6.45, 7) is 8.29. The molecule has 4 aliphatic rings. The molecule has 348 valence electrons. The van der Waals surface area contributed by atoms with E-state index in [2.05, 4.69) is 25.2 Å². The van der Waals surface area contributed by atoms with E-state index in [0.717, 1.165) is 32.6 Å². The zero-order chi connectivity index (χ0) is 45.4. The second-order valence-electron chi connectivity index (χ2n) is 16.1. The van der Waals surface area contributed by atoms with Gasteiger partial charge in [0.1, 0.15) is 42.6 Å². The summed E-state index contributed by atoms with van der Waals surface area (Å²) < 4.78 is 88.1. The molecule has 4 heterocycles. The van der Waals surface area contributed by atoms with Crippen LogP contribution in [0, 0.1) is 0 Å². The molecule has 0 saturated carbocycles.